The summed E-state index contributed by atoms with van der Waals surface area (Å²) in [5.41, 5.74) is 2.78. The largest absolute Gasteiger partial charge is 0.465 e. The number of fused-ring (bicyclic) bond motifs is 1. The quantitative estimate of drug-likeness (QED) is 0.445. The second-order valence-electron chi connectivity index (χ2n) is 8.02. The zero-order valence-electron chi connectivity index (χ0n) is 18.0. The first-order valence-corrected chi connectivity index (χ1v) is 10.7. The number of benzene rings is 3. The van der Waals surface area contributed by atoms with Crippen molar-refractivity contribution < 1.29 is 24.0 Å². The van der Waals surface area contributed by atoms with Crippen molar-refractivity contribution in [3.8, 4) is 0 Å². The minimum atomic E-state index is -0.910. The van der Waals surface area contributed by atoms with Gasteiger partial charge in [-0.05, 0) is 35.4 Å². The molecule has 0 aromatic heterocycles. The molecule has 7 heteroatoms. The van der Waals surface area contributed by atoms with Crippen LogP contribution in [0.15, 0.2) is 84.9 Å². The Morgan fingerprint density at radius 3 is 2.15 bits per heavy atom. The molecule has 7 nitrogen and oxygen atoms in total. The van der Waals surface area contributed by atoms with E-state index in [-0.39, 0.29) is 18.4 Å². The summed E-state index contributed by atoms with van der Waals surface area (Å²) in [4.78, 5) is 46.0. The fourth-order valence-corrected chi connectivity index (χ4v) is 4.47. The van der Waals surface area contributed by atoms with Gasteiger partial charge in [0.1, 0.15) is 5.92 Å². The van der Waals surface area contributed by atoms with Crippen LogP contribution >= 0.6 is 0 Å². The lowest BCUT2D eigenvalue weighted by molar-refractivity contribution is -0.143. The molecule has 0 aliphatic carbocycles. The first kappa shape index (κ1) is 20.9. The van der Waals surface area contributed by atoms with Gasteiger partial charge in [0.25, 0.3) is 5.91 Å². The monoisotopic (exact) mass is 442 g/mol. The number of hydrogen-bond acceptors (Lipinski definition) is 6. The Hall–Kier alpha value is -3.97. The highest BCUT2D eigenvalue weighted by molar-refractivity contribution is 6.07. The van der Waals surface area contributed by atoms with E-state index in [1.807, 2.05) is 60.7 Å². The Morgan fingerprint density at radius 2 is 1.52 bits per heavy atom. The molecular weight excluding hydrogens is 420 g/mol. The van der Waals surface area contributed by atoms with Crippen LogP contribution in [0.25, 0.3) is 0 Å². The van der Waals surface area contributed by atoms with Gasteiger partial charge in [-0.15, -0.1) is 0 Å². The number of imide groups is 1. The third-order valence-corrected chi connectivity index (χ3v) is 6.07. The average Bonchev–Trinajstić information content (AvgIpc) is 3.37. The minimum absolute atomic E-state index is 0.203. The number of methoxy groups -OCH3 is 1. The number of carbonyl (C=O) groups is 3. The molecule has 166 valence electrons. The number of likely N-dealkylation sites (tertiary alicyclic amines) is 1. The summed E-state index contributed by atoms with van der Waals surface area (Å²) < 4.78 is 4.78. The van der Waals surface area contributed by atoms with Crippen molar-refractivity contribution in [1.82, 2.24) is 4.90 Å². The molecular formula is C26H22N2O5. The average molecular weight is 442 g/mol. The lowest BCUT2D eigenvalue weighted by Crippen LogP contribution is -2.36. The lowest BCUT2D eigenvalue weighted by Gasteiger charge is -2.28. The number of hydrogen-bond donors (Lipinski definition) is 0. The molecule has 3 aromatic carbocycles. The van der Waals surface area contributed by atoms with E-state index in [1.165, 1.54) is 12.0 Å². The van der Waals surface area contributed by atoms with E-state index in [9.17, 15) is 14.4 Å². The van der Waals surface area contributed by atoms with E-state index in [4.69, 9.17) is 9.57 Å². The second-order valence-corrected chi connectivity index (χ2v) is 8.02. The summed E-state index contributed by atoms with van der Waals surface area (Å²) in [5.74, 6) is -1.76. The fourth-order valence-electron chi connectivity index (χ4n) is 4.47. The van der Waals surface area contributed by atoms with Crippen LogP contribution in [0.5, 0.6) is 0 Å². The van der Waals surface area contributed by atoms with E-state index in [1.54, 1.807) is 29.3 Å². The summed E-state index contributed by atoms with van der Waals surface area (Å²) in [7, 11) is 1.33. The topological polar surface area (TPSA) is 76.2 Å². The number of carbonyl (C=O) groups excluding carboxylic acids is 3. The van der Waals surface area contributed by atoms with Crippen LogP contribution in [-0.2, 0) is 25.7 Å². The van der Waals surface area contributed by atoms with E-state index in [0.717, 1.165) is 16.8 Å². The molecule has 2 fully saturated rings. The summed E-state index contributed by atoms with van der Waals surface area (Å²) in [6.45, 7) is 0.203. The molecule has 2 aliphatic rings. The highest BCUT2D eigenvalue weighted by atomic mass is 16.7. The number of amides is 2. The van der Waals surface area contributed by atoms with E-state index in [0.29, 0.717) is 5.56 Å². The normalized spacial score (nSPS) is 21.9. The van der Waals surface area contributed by atoms with Gasteiger partial charge in [0.2, 0.25) is 5.91 Å². The number of anilines is 1. The molecule has 3 atom stereocenters. The highest BCUT2D eigenvalue weighted by Gasteiger charge is 2.59. The van der Waals surface area contributed by atoms with Gasteiger partial charge < -0.3 is 4.74 Å². The third kappa shape index (κ3) is 3.66. The predicted octanol–water partition coefficient (Wildman–Crippen LogP) is 3.52. The predicted molar refractivity (Wildman–Crippen MR) is 120 cm³/mol. The highest BCUT2D eigenvalue weighted by Crippen LogP contribution is 2.46. The van der Waals surface area contributed by atoms with Crippen molar-refractivity contribution >= 4 is 23.5 Å². The molecule has 0 spiro atoms. The lowest BCUT2D eigenvalue weighted by atomic mass is 9.90. The van der Waals surface area contributed by atoms with Gasteiger partial charge in [0, 0.05) is 0 Å². The molecule has 5 rings (SSSR count). The van der Waals surface area contributed by atoms with Gasteiger partial charge in [0.05, 0.1) is 30.9 Å². The van der Waals surface area contributed by atoms with Crippen LogP contribution in [0.1, 0.15) is 27.5 Å². The Bertz CT molecular complexity index is 1180. The summed E-state index contributed by atoms with van der Waals surface area (Å²) in [6, 6.07) is 25.1. The molecule has 0 bridgehead atoms. The Kier molecular flexibility index (Phi) is 5.40. The first-order chi connectivity index (χ1) is 16.1. The number of rotatable bonds is 5. The fraction of sp³-hybridized carbons (Fsp3) is 0.192. The van der Waals surface area contributed by atoms with Gasteiger partial charge in [-0.2, -0.15) is 0 Å². The van der Waals surface area contributed by atoms with Crippen molar-refractivity contribution in [2.75, 3.05) is 12.2 Å². The van der Waals surface area contributed by atoms with E-state index in [2.05, 4.69) is 0 Å². The van der Waals surface area contributed by atoms with Crippen LogP contribution in [0.4, 0.5) is 5.69 Å². The number of esters is 1. The Labute approximate surface area is 191 Å². The first-order valence-electron chi connectivity index (χ1n) is 10.7. The number of para-hydroxylation sites is 1. The van der Waals surface area contributed by atoms with Crippen molar-refractivity contribution in [2.45, 2.75) is 18.7 Å². The van der Waals surface area contributed by atoms with E-state index < -0.39 is 24.0 Å². The summed E-state index contributed by atoms with van der Waals surface area (Å²) in [6.07, 6.45) is -0.910. The molecule has 3 aromatic rings. The van der Waals surface area contributed by atoms with Crippen LogP contribution in [0.2, 0.25) is 0 Å². The SMILES string of the molecule is COC(=O)c1ccc([C@H]2[C@H]3C(=O)N(Cc4ccccc4)C(=O)[C@@H]3ON2c2ccccc2)cc1. The molecule has 0 unspecified atom stereocenters. The van der Waals surface area contributed by atoms with Gasteiger partial charge >= 0.3 is 5.97 Å². The van der Waals surface area contributed by atoms with Crippen molar-refractivity contribution in [1.29, 1.82) is 0 Å². The minimum Gasteiger partial charge on any atom is -0.465 e. The maximum atomic E-state index is 13.5. The number of hydroxylamine groups is 1. The maximum Gasteiger partial charge on any atom is 0.337 e. The smallest absolute Gasteiger partial charge is 0.337 e. The molecule has 2 heterocycles. The van der Waals surface area contributed by atoms with Gasteiger partial charge in [-0.1, -0.05) is 60.7 Å². The molecule has 2 amide bonds. The van der Waals surface area contributed by atoms with Gasteiger partial charge in [0.15, 0.2) is 6.10 Å². The molecule has 2 aliphatic heterocycles. The summed E-state index contributed by atoms with van der Waals surface area (Å²) >= 11 is 0. The van der Waals surface area contributed by atoms with Crippen LogP contribution in [0, 0.1) is 5.92 Å². The van der Waals surface area contributed by atoms with Crippen LogP contribution < -0.4 is 5.06 Å². The van der Waals surface area contributed by atoms with Gasteiger partial charge in [-0.3, -0.25) is 19.3 Å². The molecule has 2 saturated heterocycles. The Balaban J connectivity index is 1.51. The molecule has 0 N–H and O–H groups in total. The third-order valence-electron chi connectivity index (χ3n) is 6.07. The zero-order valence-corrected chi connectivity index (χ0v) is 18.0. The zero-order chi connectivity index (χ0) is 22.9. The number of ether oxygens (including phenoxy) is 1. The molecule has 0 radical (unpaired) electrons. The Morgan fingerprint density at radius 1 is 0.879 bits per heavy atom. The van der Waals surface area contributed by atoms with E-state index >= 15 is 0 Å². The summed E-state index contributed by atoms with van der Waals surface area (Å²) in [5, 5.41) is 1.64. The van der Waals surface area contributed by atoms with Crippen molar-refractivity contribution in [3.63, 3.8) is 0 Å². The van der Waals surface area contributed by atoms with Gasteiger partial charge in [-0.25, -0.2) is 9.86 Å². The van der Waals surface area contributed by atoms with Crippen molar-refractivity contribution in [2.24, 2.45) is 5.92 Å². The number of nitrogens with zero attached hydrogens (tertiary/aromatic N) is 2. The van der Waals surface area contributed by atoms with Crippen LogP contribution in [0.3, 0.4) is 0 Å². The molecule has 33 heavy (non-hydrogen) atoms. The second kappa shape index (κ2) is 8.52. The maximum absolute atomic E-state index is 13.5. The molecule has 0 saturated carbocycles. The van der Waals surface area contributed by atoms with Crippen molar-refractivity contribution in [3.05, 3.63) is 102 Å². The standard InChI is InChI=1S/C26H22N2O5/c1-32-26(31)19-14-12-18(13-15-19)22-21-23(33-28(22)20-10-6-3-7-11-20)25(30)27(24(21)29)16-17-8-4-2-5-9-17/h2-15,21-23H,16H2,1H3/t21-,22+,23-/m1/s1. The van der Waals surface area contributed by atoms with Crippen LogP contribution in [-0.4, -0.2) is 35.9 Å².